The number of ketones is 1. The summed E-state index contributed by atoms with van der Waals surface area (Å²) in [6.45, 7) is 11.2. The number of carbonyl (C=O) groups excluding carboxylic acids is 2. The van der Waals surface area contributed by atoms with E-state index in [1.54, 1.807) is 26.8 Å². The molecule has 7 nitrogen and oxygen atoms in total. The van der Waals surface area contributed by atoms with Crippen LogP contribution in [0.15, 0.2) is 22.7 Å². The Bertz CT molecular complexity index is 735. The summed E-state index contributed by atoms with van der Waals surface area (Å²) < 4.78 is 5.99. The Morgan fingerprint density at radius 2 is 1.82 bits per heavy atom. The van der Waals surface area contributed by atoms with Crippen LogP contribution >= 0.6 is 15.9 Å². The summed E-state index contributed by atoms with van der Waals surface area (Å²) in [6.07, 6.45) is 0.766. The molecule has 0 bridgehead atoms. The molecule has 8 heteroatoms. The van der Waals surface area contributed by atoms with Crippen LogP contribution in [0, 0.1) is 15.5 Å². The van der Waals surface area contributed by atoms with E-state index in [0.717, 1.165) is 0 Å². The van der Waals surface area contributed by atoms with E-state index in [1.807, 2.05) is 20.8 Å². The Kier molecular flexibility index (Phi) is 8.16. The number of carbonyl (C=O) groups is 2. The van der Waals surface area contributed by atoms with Crippen LogP contribution in [0.3, 0.4) is 0 Å². The Balaban J connectivity index is 3.03. The molecule has 0 aliphatic rings. The van der Waals surface area contributed by atoms with Gasteiger partial charge in [0, 0.05) is 23.4 Å². The van der Waals surface area contributed by atoms with Crippen LogP contribution in [0.1, 0.15) is 60.8 Å². The van der Waals surface area contributed by atoms with Gasteiger partial charge in [0.05, 0.1) is 4.92 Å². The number of hydrogen-bond donors (Lipinski definition) is 1. The van der Waals surface area contributed by atoms with Crippen LogP contribution in [-0.4, -0.2) is 28.3 Å². The molecule has 0 aromatic heterocycles. The summed E-state index contributed by atoms with van der Waals surface area (Å²) in [5, 5.41) is 14.3. The smallest absolute Gasteiger partial charge is 0.329 e. The second kappa shape index (κ2) is 9.49. The Labute approximate surface area is 174 Å². The number of ether oxygens (including phenoxy) is 1. The first-order valence-corrected chi connectivity index (χ1v) is 9.92. The number of nitrogens with zero attached hydrogens (tertiary/aromatic N) is 1. The van der Waals surface area contributed by atoms with Gasteiger partial charge in [-0.2, -0.15) is 0 Å². The minimum atomic E-state index is -0.872. The molecule has 1 N–H and O–H groups in total. The van der Waals surface area contributed by atoms with Crippen LogP contribution in [0.2, 0.25) is 0 Å². The number of nitro groups is 1. The lowest BCUT2D eigenvalue weighted by molar-refractivity contribution is -0.384. The van der Waals surface area contributed by atoms with Crippen molar-refractivity contribution < 1.29 is 19.2 Å². The summed E-state index contributed by atoms with van der Waals surface area (Å²) in [7, 11) is 0. The van der Waals surface area contributed by atoms with Gasteiger partial charge in [0.2, 0.25) is 0 Å². The zero-order chi connectivity index (χ0) is 21.7. The van der Waals surface area contributed by atoms with Crippen molar-refractivity contribution in [1.82, 2.24) is 0 Å². The van der Waals surface area contributed by atoms with Crippen LogP contribution < -0.4 is 5.32 Å². The van der Waals surface area contributed by atoms with Gasteiger partial charge in [0.1, 0.15) is 23.1 Å². The van der Waals surface area contributed by atoms with Crippen LogP contribution in [0.5, 0.6) is 0 Å². The van der Waals surface area contributed by atoms with E-state index in [9.17, 15) is 19.7 Å². The quantitative estimate of drug-likeness (QED) is 0.325. The second-order valence-electron chi connectivity index (χ2n) is 8.96. The van der Waals surface area contributed by atoms with Crippen molar-refractivity contribution in [2.45, 2.75) is 72.4 Å². The lowest BCUT2D eigenvalue weighted by Gasteiger charge is -2.25. The number of Topliss-reactive ketones (excluding diaryl/α,β-unsaturated/α-hetero) is 1. The molecule has 156 valence electrons. The summed E-state index contributed by atoms with van der Waals surface area (Å²) in [5.41, 5.74) is -0.814. The first kappa shape index (κ1) is 24.1. The molecule has 0 radical (unpaired) electrons. The maximum absolute atomic E-state index is 12.6. The van der Waals surface area contributed by atoms with Gasteiger partial charge in [-0.05, 0) is 44.7 Å². The van der Waals surface area contributed by atoms with E-state index >= 15 is 0 Å². The van der Waals surface area contributed by atoms with Crippen LogP contribution in [0.4, 0.5) is 11.4 Å². The van der Waals surface area contributed by atoms with Gasteiger partial charge in [0.25, 0.3) is 5.69 Å². The highest BCUT2D eigenvalue weighted by atomic mass is 79.9. The Morgan fingerprint density at radius 1 is 1.21 bits per heavy atom. The molecule has 0 heterocycles. The van der Waals surface area contributed by atoms with Crippen molar-refractivity contribution in [1.29, 1.82) is 0 Å². The lowest BCUT2D eigenvalue weighted by Crippen LogP contribution is -2.37. The molecule has 0 aliphatic carbocycles. The third-order valence-electron chi connectivity index (χ3n) is 3.62. The predicted octanol–water partition coefficient (Wildman–Crippen LogP) is 5.27. The van der Waals surface area contributed by atoms with E-state index in [4.69, 9.17) is 4.74 Å². The summed E-state index contributed by atoms with van der Waals surface area (Å²) >= 11 is 3.21. The van der Waals surface area contributed by atoms with Gasteiger partial charge in [-0.1, -0.05) is 36.7 Å². The van der Waals surface area contributed by atoms with Crippen LogP contribution in [-0.2, 0) is 14.3 Å². The molecule has 0 fully saturated rings. The Hall–Kier alpha value is -1.96. The highest BCUT2D eigenvalue weighted by molar-refractivity contribution is 9.10. The fourth-order valence-corrected chi connectivity index (χ4v) is 2.92. The number of hydrogen-bond acceptors (Lipinski definition) is 6. The normalized spacial score (nSPS) is 13.0. The lowest BCUT2D eigenvalue weighted by atomic mass is 9.88. The zero-order valence-electron chi connectivity index (χ0n) is 17.3. The highest BCUT2D eigenvalue weighted by Crippen LogP contribution is 2.29. The number of halogens is 1. The minimum Gasteiger partial charge on any atom is -0.458 e. The molecule has 28 heavy (non-hydrogen) atoms. The molecule has 1 aromatic carbocycles. The number of benzene rings is 1. The number of anilines is 1. The van der Waals surface area contributed by atoms with Crippen molar-refractivity contribution in [2.24, 2.45) is 5.41 Å². The standard InChI is InChI=1S/C20H29BrN2O5/c1-19(2,3)12-14(24)8-10-16(18(25)28-20(4,5)6)22-15-9-7-13(21)11-17(15)23(26)27/h7,9,11,16,22H,8,10,12H2,1-6H3. The second-order valence-corrected chi connectivity index (χ2v) is 9.88. The van der Waals surface area contributed by atoms with E-state index in [1.165, 1.54) is 12.1 Å². The third kappa shape index (κ3) is 8.82. The van der Waals surface area contributed by atoms with Gasteiger partial charge in [-0.25, -0.2) is 4.79 Å². The van der Waals surface area contributed by atoms with Gasteiger partial charge >= 0.3 is 5.97 Å². The van der Waals surface area contributed by atoms with E-state index in [0.29, 0.717) is 10.9 Å². The van der Waals surface area contributed by atoms with Gasteiger partial charge in [0.15, 0.2) is 0 Å². The number of esters is 1. The summed E-state index contributed by atoms with van der Waals surface area (Å²) in [4.78, 5) is 35.7. The van der Waals surface area contributed by atoms with Gasteiger partial charge < -0.3 is 10.1 Å². The first-order valence-electron chi connectivity index (χ1n) is 9.13. The summed E-state index contributed by atoms with van der Waals surface area (Å²) in [5.74, 6) is -0.513. The topological polar surface area (TPSA) is 98.5 Å². The molecule has 0 amide bonds. The van der Waals surface area contributed by atoms with Crippen molar-refractivity contribution in [3.63, 3.8) is 0 Å². The largest absolute Gasteiger partial charge is 0.458 e. The zero-order valence-corrected chi connectivity index (χ0v) is 18.9. The molecular weight excluding hydrogens is 428 g/mol. The highest BCUT2D eigenvalue weighted by Gasteiger charge is 2.28. The molecule has 0 spiro atoms. The molecule has 0 saturated carbocycles. The number of rotatable bonds is 8. The minimum absolute atomic E-state index is 0.0353. The van der Waals surface area contributed by atoms with Gasteiger partial charge in [-0.15, -0.1) is 0 Å². The average Bonchev–Trinajstić information content (AvgIpc) is 2.48. The maximum Gasteiger partial charge on any atom is 0.329 e. The fourth-order valence-electron chi connectivity index (χ4n) is 2.57. The summed E-state index contributed by atoms with van der Waals surface area (Å²) in [6, 6.07) is 3.66. The maximum atomic E-state index is 12.6. The molecular formula is C20H29BrN2O5. The van der Waals surface area contributed by atoms with Crippen molar-refractivity contribution in [3.8, 4) is 0 Å². The van der Waals surface area contributed by atoms with E-state index in [-0.39, 0.29) is 35.4 Å². The predicted molar refractivity (Wildman–Crippen MR) is 112 cm³/mol. The fraction of sp³-hybridized carbons (Fsp3) is 0.600. The van der Waals surface area contributed by atoms with Crippen molar-refractivity contribution in [2.75, 3.05) is 5.32 Å². The third-order valence-corrected chi connectivity index (χ3v) is 4.11. The SMILES string of the molecule is CC(C)(C)CC(=O)CCC(Nc1ccc(Br)cc1[N+](=O)[O-])C(=O)OC(C)(C)C. The molecule has 1 atom stereocenters. The van der Waals surface area contributed by atoms with E-state index in [2.05, 4.69) is 21.2 Å². The average molecular weight is 457 g/mol. The number of nitrogens with one attached hydrogen (secondary N) is 1. The number of nitro benzene ring substituents is 1. The van der Waals surface area contributed by atoms with Crippen LogP contribution in [0.25, 0.3) is 0 Å². The molecule has 0 aliphatic heterocycles. The van der Waals surface area contributed by atoms with Crippen molar-refractivity contribution >= 4 is 39.1 Å². The monoisotopic (exact) mass is 456 g/mol. The Morgan fingerprint density at radius 3 is 2.32 bits per heavy atom. The molecule has 0 saturated heterocycles. The molecule has 1 rings (SSSR count). The first-order chi connectivity index (χ1) is 12.7. The van der Waals surface area contributed by atoms with Gasteiger partial charge in [-0.3, -0.25) is 14.9 Å². The molecule has 1 aromatic rings. The molecule has 1 unspecified atom stereocenters. The van der Waals surface area contributed by atoms with Crippen molar-refractivity contribution in [3.05, 3.63) is 32.8 Å². The van der Waals surface area contributed by atoms with E-state index < -0.39 is 22.5 Å².